The molecule has 1 aliphatic heterocycles. The molecule has 1 heterocycles. The number of hydrogen-bond donors (Lipinski definition) is 1. The molecule has 0 bridgehead atoms. The van der Waals surface area contributed by atoms with Crippen molar-refractivity contribution < 1.29 is 4.74 Å². The highest BCUT2D eigenvalue weighted by Crippen LogP contribution is 2.36. The normalized spacial score (nSPS) is 31.9. The molecule has 2 fully saturated rings. The van der Waals surface area contributed by atoms with Crippen molar-refractivity contribution >= 4 is 11.8 Å². The maximum atomic E-state index is 5.61. The Labute approximate surface area is 104 Å². The molecule has 1 aliphatic carbocycles. The van der Waals surface area contributed by atoms with E-state index in [0.29, 0.717) is 6.10 Å². The molecule has 0 aromatic heterocycles. The summed E-state index contributed by atoms with van der Waals surface area (Å²) in [6, 6.07) is 0.762. The highest BCUT2D eigenvalue weighted by atomic mass is 32.2. The smallest absolute Gasteiger partial charge is 0.0666 e. The van der Waals surface area contributed by atoms with Crippen LogP contribution in [0.2, 0.25) is 0 Å². The summed E-state index contributed by atoms with van der Waals surface area (Å²) in [5.74, 6) is 2.25. The molecule has 1 saturated carbocycles. The van der Waals surface area contributed by atoms with E-state index in [1.165, 1.54) is 38.0 Å². The van der Waals surface area contributed by atoms with Gasteiger partial charge < -0.3 is 10.1 Å². The lowest BCUT2D eigenvalue weighted by Crippen LogP contribution is -2.35. The summed E-state index contributed by atoms with van der Waals surface area (Å²) in [4.78, 5) is 0. The summed E-state index contributed by atoms with van der Waals surface area (Å²) in [5.41, 5.74) is 0. The second-order valence-corrected chi connectivity index (χ2v) is 6.41. The zero-order valence-corrected chi connectivity index (χ0v) is 11.4. The molecule has 0 amide bonds. The molecule has 3 atom stereocenters. The van der Waals surface area contributed by atoms with Crippen LogP contribution >= 0.6 is 11.8 Å². The van der Waals surface area contributed by atoms with Crippen LogP contribution in [0.5, 0.6) is 0 Å². The van der Waals surface area contributed by atoms with Gasteiger partial charge in [-0.05, 0) is 45.1 Å². The van der Waals surface area contributed by atoms with Crippen molar-refractivity contribution in [2.24, 2.45) is 5.92 Å². The minimum atomic E-state index is 0.469. The number of rotatable bonds is 7. The maximum Gasteiger partial charge on any atom is 0.0666 e. The Morgan fingerprint density at radius 2 is 2.19 bits per heavy atom. The standard InChI is InChI=1S/C13H25NOS/c1-3-7-14-12(11-4-5-11)9-16-13-6-8-15-10(13)2/h10-14H,3-9H2,1-2H3. The van der Waals surface area contributed by atoms with E-state index in [1.54, 1.807) is 0 Å². The number of nitrogens with one attached hydrogen (secondary N) is 1. The first-order valence-corrected chi connectivity index (χ1v) is 7.82. The molecule has 3 unspecified atom stereocenters. The van der Waals surface area contributed by atoms with Crippen LogP contribution in [0.25, 0.3) is 0 Å². The van der Waals surface area contributed by atoms with Gasteiger partial charge in [0.1, 0.15) is 0 Å². The van der Waals surface area contributed by atoms with Crippen LogP contribution in [0.4, 0.5) is 0 Å². The van der Waals surface area contributed by atoms with Gasteiger partial charge in [-0.25, -0.2) is 0 Å². The lowest BCUT2D eigenvalue weighted by Gasteiger charge is -2.21. The Balaban J connectivity index is 1.68. The minimum absolute atomic E-state index is 0.469. The van der Waals surface area contributed by atoms with E-state index in [-0.39, 0.29) is 0 Å². The predicted molar refractivity (Wildman–Crippen MR) is 71.1 cm³/mol. The average Bonchev–Trinajstić information content (AvgIpc) is 3.04. The molecule has 0 aromatic carbocycles. The van der Waals surface area contributed by atoms with E-state index < -0.39 is 0 Å². The Bertz CT molecular complexity index is 208. The topological polar surface area (TPSA) is 21.3 Å². The fraction of sp³-hybridized carbons (Fsp3) is 1.00. The van der Waals surface area contributed by atoms with Gasteiger partial charge in [-0.15, -0.1) is 0 Å². The van der Waals surface area contributed by atoms with Crippen LogP contribution in [-0.2, 0) is 4.74 Å². The zero-order valence-electron chi connectivity index (χ0n) is 10.6. The molecule has 0 spiro atoms. The molecule has 2 nitrogen and oxygen atoms in total. The lowest BCUT2D eigenvalue weighted by molar-refractivity contribution is 0.127. The molecule has 1 N–H and O–H groups in total. The Morgan fingerprint density at radius 3 is 2.75 bits per heavy atom. The van der Waals surface area contributed by atoms with E-state index in [1.807, 2.05) is 0 Å². The molecule has 2 aliphatic rings. The number of ether oxygens (including phenoxy) is 1. The van der Waals surface area contributed by atoms with Crippen molar-refractivity contribution in [2.45, 2.75) is 56.9 Å². The highest BCUT2D eigenvalue weighted by molar-refractivity contribution is 8.00. The third kappa shape index (κ3) is 3.64. The van der Waals surface area contributed by atoms with Gasteiger partial charge in [0.25, 0.3) is 0 Å². The third-order valence-corrected chi connectivity index (χ3v) is 5.24. The molecule has 16 heavy (non-hydrogen) atoms. The van der Waals surface area contributed by atoms with Crippen LogP contribution in [0.3, 0.4) is 0 Å². The SMILES string of the molecule is CCCNC(CSC1CCOC1C)C1CC1. The predicted octanol–water partition coefficient (Wildman–Crippen LogP) is 2.68. The summed E-state index contributed by atoms with van der Waals surface area (Å²) in [6.45, 7) is 6.61. The third-order valence-electron chi connectivity index (χ3n) is 3.64. The molecule has 0 radical (unpaired) electrons. The van der Waals surface area contributed by atoms with Gasteiger partial charge in [0.15, 0.2) is 0 Å². The molecular weight excluding hydrogens is 218 g/mol. The van der Waals surface area contributed by atoms with Crippen LogP contribution in [0, 0.1) is 5.92 Å². The first-order valence-electron chi connectivity index (χ1n) is 6.78. The van der Waals surface area contributed by atoms with Crippen LogP contribution in [-0.4, -0.2) is 36.3 Å². The first kappa shape index (κ1) is 12.7. The second-order valence-electron chi connectivity index (χ2n) is 5.13. The Morgan fingerprint density at radius 1 is 1.38 bits per heavy atom. The summed E-state index contributed by atoms with van der Waals surface area (Å²) in [7, 11) is 0. The van der Waals surface area contributed by atoms with E-state index in [4.69, 9.17) is 4.74 Å². The quantitative estimate of drug-likeness (QED) is 0.743. The van der Waals surface area contributed by atoms with E-state index >= 15 is 0 Å². The summed E-state index contributed by atoms with van der Waals surface area (Å²) >= 11 is 2.13. The molecular formula is C13H25NOS. The Kier molecular flexibility index (Phi) is 4.98. The molecule has 0 aromatic rings. The fourth-order valence-corrected chi connectivity index (χ4v) is 3.81. The molecule has 1 saturated heterocycles. The average molecular weight is 243 g/mol. The van der Waals surface area contributed by atoms with Gasteiger partial charge in [-0.1, -0.05) is 6.92 Å². The summed E-state index contributed by atoms with van der Waals surface area (Å²) < 4.78 is 5.61. The minimum Gasteiger partial charge on any atom is -0.377 e. The van der Waals surface area contributed by atoms with Crippen LogP contribution in [0.15, 0.2) is 0 Å². The number of thioether (sulfide) groups is 1. The molecule has 94 valence electrons. The van der Waals surface area contributed by atoms with E-state index in [2.05, 4.69) is 30.9 Å². The largest absolute Gasteiger partial charge is 0.377 e. The zero-order chi connectivity index (χ0) is 11.4. The van der Waals surface area contributed by atoms with Gasteiger partial charge in [0.2, 0.25) is 0 Å². The van der Waals surface area contributed by atoms with Gasteiger partial charge in [0, 0.05) is 23.7 Å². The molecule has 3 heteroatoms. The van der Waals surface area contributed by atoms with Gasteiger partial charge in [0.05, 0.1) is 6.10 Å². The number of hydrogen-bond acceptors (Lipinski definition) is 3. The fourth-order valence-electron chi connectivity index (χ4n) is 2.35. The monoisotopic (exact) mass is 243 g/mol. The van der Waals surface area contributed by atoms with Crippen LogP contribution < -0.4 is 5.32 Å². The first-order chi connectivity index (χ1) is 7.81. The van der Waals surface area contributed by atoms with E-state index in [9.17, 15) is 0 Å². The highest BCUT2D eigenvalue weighted by Gasteiger charge is 2.32. The van der Waals surface area contributed by atoms with E-state index in [0.717, 1.165) is 23.8 Å². The van der Waals surface area contributed by atoms with Gasteiger partial charge >= 0.3 is 0 Å². The van der Waals surface area contributed by atoms with Crippen molar-refractivity contribution in [3.05, 3.63) is 0 Å². The molecule has 2 rings (SSSR count). The van der Waals surface area contributed by atoms with Gasteiger partial charge in [-0.2, -0.15) is 11.8 Å². The lowest BCUT2D eigenvalue weighted by atomic mass is 10.2. The summed E-state index contributed by atoms with van der Waals surface area (Å²) in [5, 5.41) is 4.45. The second kappa shape index (κ2) is 6.27. The maximum absolute atomic E-state index is 5.61. The van der Waals surface area contributed by atoms with Crippen molar-refractivity contribution in [3.63, 3.8) is 0 Å². The van der Waals surface area contributed by atoms with Crippen LogP contribution in [0.1, 0.15) is 39.5 Å². The summed E-state index contributed by atoms with van der Waals surface area (Å²) in [6.07, 6.45) is 5.85. The Hall–Kier alpha value is 0.270. The van der Waals surface area contributed by atoms with Crippen molar-refractivity contribution in [1.29, 1.82) is 0 Å². The van der Waals surface area contributed by atoms with Crippen molar-refractivity contribution in [3.8, 4) is 0 Å². The van der Waals surface area contributed by atoms with Crippen molar-refractivity contribution in [1.82, 2.24) is 5.32 Å². The van der Waals surface area contributed by atoms with Gasteiger partial charge in [-0.3, -0.25) is 0 Å². The van der Waals surface area contributed by atoms with Crippen molar-refractivity contribution in [2.75, 3.05) is 18.9 Å².